The molecule has 0 aliphatic rings. The maximum atomic E-state index is 5.77. The molecule has 2 heterocycles. The molecule has 1 aromatic carbocycles. The van der Waals surface area contributed by atoms with Gasteiger partial charge in [0.2, 0.25) is 5.88 Å². The van der Waals surface area contributed by atoms with Crippen LogP contribution in [-0.4, -0.2) is 19.7 Å². The van der Waals surface area contributed by atoms with Crippen molar-refractivity contribution in [3.63, 3.8) is 0 Å². The summed E-state index contributed by atoms with van der Waals surface area (Å²) in [6.07, 6.45) is 6.22. The highest BCUT2D eigenvalue weighted by Gasteiger charge is 2.06. The quantitative estimate of drug-likeness (QED) is 0.694. The lowest BCUT2D eigenvalue weighted by Crippen LogP contribution is -1.97. The van der Waals surface area contributed by atoms with E-state index in [4.69, 9.17) is 4.74 Å². The summed E-state index contributed by atoms with van der Waals surface area (Å²) >= 11 is 3.45. The van der Waals surface area contributed by atoms with Crippen molar-refractivity contribution in [2.45, 2.75) is 19.9 Å². The van der Waals surface area contributed by atoms with Crippen LogP contribution in [0, 0.1) is 0 Å². The third kappa shape index (κ3) is 4.07. The molecule has 3 rings (SSSR count). The number of hydrogen-bond acceptors (Lipinski definition) is 5. The number of aryl methyl sites for hydroxylation is 1. The highest BCUT2D eigenvalue weighted by Crippen LogP contribution is 2.29. The topological polar surface area (TPSA) is 64.9 Å². The molecule has 0 unspecified atom stereocenters. The highest BCUT2D eigenvalue weighted by atomic mass is 79.9. The minimum Gasteiger partial charge on any atom is -0.438 e. The summed E-state index contributed by atoms with van der Waals surface area (Å²) in [5.74, 6) is 1.82. The Balaban J connectivity index is 1.73. The largest absolute Gasteiger partial charge is 0.438 e. The van der Waals surface area contributed by atoms with Gasteiger partial charge in [0.15, 0.2) is 0 Å². The van der Waals surface area contributed by atoms with E-state index in [-0.39, 0.29) is 0 Å². The summed E-state index contributed by atoms with van der Waals surface area (Å²) in [7, 11) is 0. The van der Waals surface area contributed by atoms with Crippen LogP contribution in [0.15, 0.2) is 53.5 Å². The average Bonchev–Trinajstić information content (AvgIpc) is 2.98. The van der Waals surface area contributed by atoms with Gasteiger partial charge in [-0.2, -0.15) is 5.10 Å². The lowest BCUT2D eigenvalue weighted by molar-refractivity contribution is 0.459. The highest BCUT2D eigenvalue weighted by molar-refractivity contribution is 9.10. The maximum Gasteiger partial charge on any atom is 0.224 e. The van der Waals surface area contributed by atoms with E-state index >= 15 is 0 Å². The maximum absolute atomic E-state index is 5.77. The molecule has 0 amide bonds. The summed E-state index contributed by atoms with van der Waals surface area (Å²) in [6, 6.07) is 9.36. The molecule has 23 heavy (non-hydrogen) atoms. The Hall–Kier alpha value is -2.41. The molecular weight excluding hydrogens is 358 g/mol. The lowest BCUT2D eigenvalue weighted by atomic mass is 10.3. The molecular formula is C16H16BrN5O. The standard InChI is InChI=1S/C16H16BrN5O/c1-2-7-22-10-12(9-20-22)21-15-8-16(19-11-18-15)23-14-6-4-3-5-13(14)17/h3-6,8-11H,2,7H2,1H3,(H,18,19,21). The van der Waals surface area contributed by atoms with E-state index < -0.39 is 0 Å². The second-order valence-electron chi connectivity index (χ2n) is 4.89. The van der Waals surface area contributed by atoms with E-state index in [2.05, 4.69) is 43.2 Å². The zero-order valence-corrected chi connectivity index (χ0v) is 14.2. The van der Waals surface area contributed by atoms with Gasteiger partial charge in [-0.05, 0) is 34.5 Å². The second-order valence-corrected chi connectivity index (χ2v) is 5.75. The minimum absolute atomic E-state index is 0.468. The Kier molecular flexibility index (Phi) is 4.87. The fraction of sp³-hybridized carbons (Fsp3) is 0.188. The van der Waals surface area contributed by atoms with Crippen LogP contribution in [0.2, 0.25) is 0 Å². The van der Waals surface area contributed by atoms with E-state index in [9.17, 15) is 0 Å². The molecule has 0 saturated carbocycles. The van der Waals surface area contributed by atoms with Crippen molar-refractivity contribution in [2.24, 2.45) is 0 Å². The number of anilines is 2. The van der Waals surface area contributed by atoms with E-state index in [1.54, 1.807) is 12.3 Å². The van der Waals surface area contributed by atoms with Crippen LogP contribution in [0.3, 0.4) is 0 Å². The van der Waals surface area contributed by atoms with E-state index in [1.165, 1.54) is 6.33 Å². The molecule has 3 aromatic rings. The first-order valence-electron chi connectivity index (χ1n) is 7.28. The van der Waals surface area contributed by atoms with Gasteiger partial charge in [0.05, 0.1) is 16.4 Å². The van der Waals surface area contributed by atoms with Gasteiger partial charge < -0.3 is 10.1 Å². The van der Waals surface area contributed by atoms with Gasteiger partial charge in [0, 0.05) is 18.8 Å². The van der Waals surface area contributed by atoms with E-state index in [1.807, 2.05) is 35.1 Å². The van der Waals surface area contributed by atoms with Gasteiger partial charge in [-0.25, -0.2) is 9.97 Å². The number of nitrogens with one attached hydrogen (secondary N) is 1. The number of rotatable bonds is 6. The lowest BCUT2D eigenvalue weighted by Gasteiger charge is -2.08. The Bertz CT molecular complexity index is 789. The number of hydrogen-bond donors (Lipinski definition) is 1. The van der Waals surface area contributed by atoms with Gasteiger partial charge in [-0.1, -0.05) is 19.1 Å². The van der Waals surface area contributed by atoms with Crippen molar-refractivity contribution in [3.05, 3.63) is 53.5 Å². The summed E-state index contributed by atoms with van der Waals surface area (Å²) in [4.78, 5) is 8.34. The molecule has 0 aliphatic heterocycles. The Morgan fingerprint density at radius 1 is 1.26 bits per heavy atom. The molecule has 0 spiro atoms. The number of ether oxygens (including phenoxy) is 1. The first kappa shape index (κ1) is 15.5. The first-order chi connectivity index (χ1) is 11.2. The first-order valence-corrected chi connectivity index (χ1v) is 8.08. The zero-order chi connectivity index (χ0) is 16.1. The summed E-state index contributed by atoms with van der Waals surface area (Å²) in [5.41, 5.74) is 0.879. The molecule has 0 saturated heterocycles. The van der Waals surface area contributed by atoms with E-state index in [0.717, 1.165) is 23.1 Å². The molecule has 1 N–H and O–H groups in total. The predicted molar refractivity (Wildman–Crippen MR) is 92.0 cm³/mol. The Morgan fingerprint density at radius 2 is 2.13 bits per heavy atom. The van der Waals surface area contributed by atoms with Crippen molar-refractivity contribution in [1.82, 2.24) is 19.7 Å². The fourth-order valence-electron chi connectivity index (χ4n) is 2.03. The number of halogens is 1. The van der Waals surface area contributed by atoms with Crippen LogP contribution in [0.1, 0.15) is 13.3 Å². The summed E-state index contributed by atoms with van der Waals surface area (Å²) in [5, 5.41) is 7.47. The molecule has 7 heteroatoms. The van der Waals surface area contributed by atoms with Crippen molar-refractivity contribution < 1.29 is 4.74 Å². The smallest absolute Gasteiger partial charge is 0.224 e. The molecule has 0 atom stereocenters. The molecule has 0 radical (unpaired) electrons. The molecule has 6 nitrogen and oxygen atoms in total. The SMILES string of the molecule is CCCn1cc(Nc2cc(Oc3ccccc3Br)ncn2)cn1. The number of nitrogens with zero attached hydrogens (tertiary/aromatic N) is 4. The van der Waals surface area contributed by atoms with Crippen LogP contribution < -0.4 is 10.1 Å². The number of benzene rings is 1. The van der Waals surface area contributed by atoms with Crippen molar-refractivity contribution in [1.29, 1.82) is 0 Å². The van der Waals surface area contributed by atoms with Crippen LogP contribution in [-0.2, 0) is 6.54 Å². The second kappa shape index (κ2) is 7.23. The van der Waals surface area contributed by atoms with E-state index in [0.29, 0.717) is 17.4 Å². The van der Waals surface area contributed by atoms with Gasteiger partial charge in [-0.15, -0.1) is 0 Å². The van der Waals surface area contributed by atoms with Crippen LogP contribution in [0.5, 0.6) is 11.6 Å². The van der Waals surface area contributed by atoms with Crippen LogP contribution in [0.25, 0.3) is 0 Å². The molecule has 0 aliphatic carbocycles. The number of para-hydroxylation sites is 1. The van der Waals surface area contributed by atoms with Gasteiger partial charge in [-0.3, -0.25) is 4.68 Å². The Morgan fingerprint density at radius 3 is 2.96 bits per heavy atom. The predicted octanol–water partition coefficient (Wildman–Crippen LogP) is 4.38. The van der Waals surface area contributed by atoms with Crippen molar-refractivity contribution >= 4 is 27.4 Å². The van der Waals surface area contributed by atoms with Gasteiger partial charge in [0.25, 0.3) is 0 Å². The average molecular weight is 374 g/mol. The minimum atomic E-state index is 0.468. The van der Waals surface area contributed by atoms with Crippen LogP contribution in [0.4, 0.5) is 11.5 Å². The molecule has 2 aromatic heterocycles. The molecule has 0 bridgehead atoms. The normalized spacial score (nSPS) is 10.5. The van der Waals surface area contributed by atoms with Gasteiger partial charge in [0.1, 0.15) is 17.9 Å². The molecule has 118 valence electrons. The van der Waals surface area contributed by atoms with Crippen molar-refractivity contribution in [3.8, 4) is 11.6 Å². The third-order valence-corrected chi connectivity index (χ3v) is 3.71. The van der Waals surface area contributed by atoms with Crippen molar-refractivity contribution in [2.75, 3.05) is 5.32 Å². The zero-order valence-electron chi connectivity index (χ0n) is 12.6. The molecule has 0 fully saturated rings. The fourth-order valence-corrected chi connectivity index (χ4v) is 2.40. The monoisotopic (exact) mass is 373 g/mol. The van der Waals surface area contributed by atoms with Gasteiger partial charge >= 0.3 is 0 Å². The third-order valence-electron chi connectivity index (χ3n) is 3.05. The summed E-state index contributed by atoms with van der Waals surface area (Å²) < 4.78 is 8.53. The number of aromatic nitrogens is 4. The Labute approximate surface area is 142 Å². The van der Waals surface area contributed by atoms with Crippen LogP contribution >= 0.6 is 15.9 Å². The summed E-state index contributed by atoms with van der Waals surface area (Å²) in [6.45, 7) is 3.01.